The van der Waals surface area contributed by atoms with Crippen LogP contribution in [0.25, 0.3) is 0 Å². The van der Waals surface area contributed by atoms with Crippen LogP contribution >= 0.6 is 0 Å². The lowest BCUT2D eigenvalue weighted by molar-refractivity contribution is -0.126. The molecule has 1 atom stereocenters. The molecule has 0 saturated carbocycles. The summed E-state index contributed by atoms with van der Waals surface area (Å²) in [4.78, 5) is 24.4. The first-order chi connectivity index (χ1) is 13.1. The molecule has 4 N–H and O–H groups in total. The maximum Gasteiger partial charge on any atom is 0.323 e. The van der Waals surface area contributed by atoms with Crippen LogP contribution in [0.1, 0.15) is 31.4 Å². The molecular weight excluding hydrogens is 340 g/mol. The van der Waals surface area contributed by atoms with Gasteiger partial charge in [-0.2, -0.15) is 0 Å². The fourth-order valence-corrected chi connectivity index (χ4v) is 3.17. The van der Waals surface area contributed by atoms with Crippen molar-refractivity contribution in [1.29, 1.82) is 0 Å². The molecule has 1 aliphatic rings. The van der Waals surface area contributed by atoms with Gasteiger partial charge in [-0.15, -0.1) is 0 Å². The summed E-state index contributed by atoms with van der Waals surface area (Å²) in [6.07, 6.45) is 1.77. The SMILES string of the molecule is CC(NC(=O)C1CCNCC1)c1ccc(NC(=O)Nc2ccccc2)cc1. The van der Waals surface area contributed by atoms with E-state index < -0.39 is 0 Å². The first-order valence-corrected chi connectivity index (χ1v) is 9.36. The fraction of sp³-hybridized carbons (Fsp3) is 0.333. The summed E-state index contributed by atoms with van der Waals surface area (Å²) in [5.74, 6) is 0.213. The molecule has 27 heavy (non-hydrogen) atoms. The topological polar surface area (TPSA) is 82.3 Å². The molecule has 0 radical (unpaired) electrons. The number of para-hydroxylation sites is 1. The van der Waals surface area contributed by atoms with Crippen molar-refractivity contribution in [2.24, 2.45) is 5.92 Å². The van der Waals surface area contributed by atoms with Gasteiger partial charge in [0.2, 0.25) is 5.91 Å². The summed E-state index contributed by atoms with van der Waals surface area (Å²) in [5, 5.41) is 11.9. The Morgan fingerprint density at radius 2 is 1.52 bits per heavy atom. The van der Waals surface area contributed by atoms with E-state index in [0.717, 1.165) is 37.2 Å². The summed E-state index contributed by atoms with van der Waals surface area (Å²) in [5.41, 5.74) is 2.44. The lowest BCUT2D eigenvalue weighted by Crippen LogP contribution is -2.39. The van der Waals surface area contributed by atoms with Gasteiger partial charge in [-0.1, -0.05) is 30.3 Å². The molecule has 6 nitrogen and oxygen atoms in total. The third-order valence-corrected chi connectivity index (χ3v) is 4.77. The number of amides is 3. The average molecular weight is 366 g/mol. The van der Waals surface area contributed by atoms with Crippen LogP contribution in [-0.4, -0.2) is 25.0 Å². The van der Waals surface area contributed by atoms with Crippen molar-refractivity contribution in [2.45, 2.75) is 25.8 Å². The average Bonchev–Trinajstić information content (AvgIpc) is 2.70. The predicted octanol–water partition coefficient (Wildman–Crippen LogP) is 3.51. The first-order valence-electron chi connectivity index (χ1n) is 9.36. The summed E-state index contributed by atoms with van der Waals surface area (Å²) in [7, 11) is 0. The van der Waals surface area contributed by atoms with E-state index in [1.807, 2.05) is 61.5 Å². The number of piperidine rings is 1. The van der Waals surface area contributed by atoms with Crippen molar-refractivity contribution in [2.75, 3.05) is 23.7 Å². The van der Waals surface area contributed by atoms with Crippen LogP contribution in [0.15, 0.2) is 54.6 Å². The summed E-state index contributed by atoms with van der Waals surface area (Å²) < 4.78 is 0. The minimum Gasteiger partial charge on any atom is -0.349 e. The second-order valence-corrected chi connectivity index (χ2v) is 6.82. The highest BCUT2D eigenvalue weighted by Crippen LogP contribution is 2.19. The Hall–Kier alpha value is -2.86. The van der Waals surface area contributed by atoms with Crippen molar-refractivity contribution < 1.29 is 9.59 Å². The van der Waals surface area contributed by atoms with Gasteiger partial charge in [0, 0.05) is 17.3 Å². The zero-order valence-electron chi connectivity index (χ0n) is 15.5. The number of carbonyl (C=O) groups is 2. The van der Waals surface area contributed by atoms with Crippen molar-refractivity contribution in [3.05, 3.63) is 60.2 Å². The zero-order valence-corrected chi connectivity index (χ0v) is 15.5. The Labute approximate surface area is 159 Å². The third-order valence-electron chi connectivity index (χ3n) is 4.77. The number of hydrogen-bond acceptors (Lipinski definition) is 3. The minimum atomic E-state index is -0.291. The number of urea groups is 1. The molecule has 1 fully saturated rings. The largest absolute Gasteiger partial charge is 0.349 e. The predicted molar refractivity (Wildman–Crippen MR) is 108 cm³/mol. The first kappa shape index (κ1) is 18.9. The molecule has 0 aromatic heterocycles. The second-order valence-electron chi connectivity index (χ2n) is 6.82. The number of hydrogen-bond donors (Lipinski definition) is 4. The van der Waals surface area contributed by atoms with Crippen LogP contribution < -0.4 is 21.3 Å². The molecule has 1 aliphatic heterocycles. The van der Waals surface area contributed by atoms with E-state index in [9.17, 15) is 9.59 Å². The van der Waals surface area contributed by atoms with E-state index in [4.69, 9.17) is 0 Å². The van der Waals surface area contributed by atoms with Crippen LogP contribution in [0.3, 0.4) is 0 Å². The van der Waals surface area contributed by atoms with Gasteiger partial charge in [0.05, 0.1) is 6.04 Å². The molecular formula is C21H26N4O2. The maximum absolute atomic E-state index is 12.4. The van der Waals surface area contributed by atoms with E-state index in [0.29, 0.717) is 5.69 Å². The van der Waals surface area contributed by atoms with E-state index in [1.54, 1.807) is 0 Å². The highest BCUT2D eigenvalue weighted by molar-refractivity contribution is 5.99. The minimum absolute atomic E-state index is 0.0698. The highest BCUT2D eigenvalue weighted by Gasteiger charge is 2.22. The monoisotopic (exact) mass is 366 g/mol. The van der Waals surface area contributed by atoms with Crippen molar-refractivity contribution in [1.82, 2.24) is 10.6 Å². The number of anilines is 2. The van der Waals surface area contributed by atoms with Gasteiger partial charge in [-0.05, 0) is 62.7 Å². The van der Waals surface area contributed by atoms with Gasteiger partial charge in [-0.3, -0.25) is 4.79 Å². The van der Waals surface area contributed by atoms with Gasteiger partial charge < -0.3 is 21.3 Å². The van der Waals surface area contributed by atoms with E-state index in [1.165, 1.54) is 0 Å². The molecule has 2 aromatic rings. The summed E-state index contributed by atoms with van der Waals surface area (Å²) >= 11 is 0. The third kappa shape index (κ3) is 5.56. The van der Waals surface area contributed by atoms with Gasteiger partial charge in [0.1, 0.15) is 0 Å². The van der Waals surface area contributed by atoms with Gasteiger partial charge in [-0.25, -0.2) is 4.79 Å². The van der Waals surface area contributed by atoms with Crippen LogP contribution in [0, 0.1) is 5.92 Å². The van der Waals surface area contributed by atoms with Gasteiger partial charge in [0.25, 0.3) is 0 Å². The van der Waals surface area contributed by atoms with Crippen LogP contribution in [0.4, 0.5) is 16.2 Å². The molecule has 2 aromatic carbocycles. The Balaban J connectivity index is 1.51. The molecule has 6 heteroatoms. The Kier molecular flexibility index (Phi) is 6.44. The number of nitrogens with one attached hydrogen (secondary N) is 4. The van der Waals surface area contributed by atoms with Gasteiger partial charge in [0.15, 0.2) is 0 Å². The van der Waals surface area contributed by atoms with E-state index >= 15 is 0 Å². The highest BCUT2D eigenvalue weighted by atomic mass is 16.2. The zero-order chi connectivity index (χ0) is 19.1. The lowest BCUT2D eigenvalue weighted by Gasteiger charge is -2.24. The number of benzene rings is 2. The maximum atomic E-state index is 12.4. The Morgan fingerprint density at radius 1 is 0.926 bits per heavy atom. The Morgan fingerprint density at radius 3 is 2.15 bits per heavy atom. The molecule has 0 bridgehead atoms. The molecule has 1 unspecified atom stereocenters. The summed E-state index contributed by atoms with van der Waals surface area (Å²) in [6, 6.07) is 16.4. The molecule has 142 valence electrons. The summed E-state index contributed by atoms with van der Waals surface area (Å²) in [6.45, 7) is 3.78. The molecule has 0 aliphatic carbocycles. The molecule has 3 amide bonds. The van der Waals surface area contributed by atoms with Crippen molar-refractivity contribution in [3.63, 3.8) is 0 Å². The lowest BCUT2D eigenvalue weighted by atomic mass is 9.96. The molecule has 1 saturated heterocycles. The van der Waals surface area contributed by atoms with Crippen LogP contribution in [-0.2, 0) is 4.79 Å². The Bertz CT molecular complexity index is 756. The number of carbonyl (C=O) groups excluding carboxylic acids is 2. The normalized spacial score (nSPS) is 15.6. The number of rotatable bonds is 5. The second kappa shape index (κ2) is 9.19. The fourth-order valence-electron chi connectivity index (χ4n) is 3.17. The van der Waals surface area contributed by atoms with Crippen molar-refractivity contribution >= 4 is 23.3 Å². The van der Waals surface area contributed by atoms with Crippen molar-refractivity contribution in [3.8, 4) is 0 Å². The molecule has 1 heterocycles. The molecule has 0 spiro atoms. The van der Waals surface area contributed by atoms with Gasteiger partial charge >= 0.3 is 6.03 Å². The van der Waals surface area contributed by atoms with E-state index in [-0.39, 0.29) is 23.9 Å². The van der Waals surface area contributed by atoms with E-state index in [2.05, 4.69) is 21.3 Å². The van der Waals surface area contributed by atoms with Crippen LogP contribution in [0.2, 0.25) is 0 Å². The standard InChI is InChI=1S/C21H26N4O2/c1-15(23-20(26)17-11-13-22-14-12-17)16-7-9-19(10-8-16)25-21(27)24-18-5-3-2-4-6-18/h2-10,15,17,22H,11-14H2,1H3,(H,23,26)(H2,24,25,27). The van der Waals surface area contributed by atoms with Crippen LogP contribution in [0.5, 0.6) is 0 Å². The smallest absolute Gasteiger partial charge is 0.323 e. The quantitative estimate of drug-likeness (QED) is 0.654. The molecule has 3 rings (SSSR count).